The molecule has 0 heterocycles. The van der Waals surface area contributed by atoms with Gasteiger partial charge in [-0.25, -0.2) is 0 Å². The Bertz CT molecular complexity index is 133. The van der Waals surface area contributed by atoms with E-state index in [2.05, 4.69) is 0 Å². The van der Waals surface area contributed by atoms with Crippen LogP contribution in [0, 0.1) is 0 Å². The molecule has 0 bridgehead atoms. The van der Waals surface area contributed by atoms with E-state index in [1.165, 1.54) is 0 Å². The van der Waals surface area contributed by atoms with E-state index in [0.717, 1.165) is 12.8 Å². The second kappa shape index (κ2) is 7.96. The topological polar surface area (TPSA) is 17.1 Å². The Labute approximate surface area is 67.5 Å². The third kappa shape index (κ3) is 7.96. The quantitative estimate of drug-likeness (QED) is 0.607. The summed E-state index contributed by atoms with van der Waals surface area (Å²) in [7, 11) is 0. The van der Waals surface area contributed by atoms with Gasteiger partial charge in [0.2, 0.25) is 0 Å². The van der Waals surface area contributed by atoms with Gasteiger partial charge in [-0.1, -0.05) is 20.2 Å². The van der Waals surface area contributed by atoms with Gasteiger partial charge in [0.1, 0.15) is 5.78 Å². The molecule has 0 spiro atoms. The van der Waals surface area contributed by atoms with Crippen LogP contribution in [0.4, 0.5) is 0 Å². The molecule has 0 rings (SSSR count). The third-order valence-electron chi connectivity index (χ3n) is 1.01. The van der Waals surface area contributed by atoms with Crippen LogP contribution in [0.25, 0.3) is 0 Å². The Balaban J connectivity index is 0. The summed E-state index contributed by atoms with van der Waals surface area (Å²) in [6.07, 6.45) is 1.88. The number of carbonyl (C=O) groups is 1. The Morgan fingerprint density at radius 1 is 1.67 bits per heavy atom. The van der Waals surface area contributed by atoms with Gasteiger partial charge in [0.05, 0.1) is 0 Å². The Kier molecular flexibility index (Phi) is 5.06. The molecular formula is C7H15ClO. The molecule has 0 fully saturated rings. The molecule has 0 atom stereocenters. The first-order valence-corrected chi connectivity index (χ1v) is 2.97. The molecule has 1 nitrogen and oxygen atoms in total. The number of halogens is 1. The van der Waals surface area contributed by atoms with Gasteiger partial charge in [-0.3, -0.25) is 4.79 Å². The molecule has 0 aliphatic heterocycles. The van der Waals surface area contributed by atoms with E-state index in [-0.39, 0.29) is 24.6 Å². The molecule has 0 radical (unpaired) electrons. The number of Topliss-reactive ketones (excluding diaryl/α,β-unsaturated/α-hetero) is 1. The number of carbonyl (C=O) groups excluding carboxylic acids is 1. The predicted octanol–water partition coefficient (Wildman–Crippen LogP) is 2.58. The van der Waals surface area contributed by atoms with Gasteiger partial charge in [-0.05, 0) is 6.42 Å². The largest absolute Gasteiger partial charge is 0.300 e. The maximum Gasteiger partial charge on any atom is 0.132 e. The van der Waals surface area contributed by atoms with E-state index >= 15 is 0 Å². The van der Waals surface area contributed by atoms with Crippen molar-refractivity contribution in [3.05, 3.63) is 0 Å². The van der Waals surface area contributed by atoms with E-state index in [4.69, 9.17) is 4.11 Å². The first-order chi connectivity index (χ1) is 4.95. The summed E-state index contributed by atoms with van der Waals surface area (Å²) in [4.78, 5) is 10.9. The van der Waals surface area contributed by atoms with Gasteiger partial charge in [0.15, 0.2) is 0 Å². The standard InChI is InChI=1S/C7H14O.ClH/c1-3-5-6-7(8)4-2;/h3-6H2,1-2H3;1H/i2D3;. The molecule has 0 saturated carbocycles. The van der Waals surface area contributed by atoms with Crippen LogP contribution in [0.1, 0.15) is 43.6 Å². The normalized spacial score (nSPS) is 14.6. The minimum absolute atomic E-state index is 0. The molecule has 0 saturated heterocycles. The van der Waals surface area contributed by atoms with Crippen molar-refractivity contribution >= 4 is 18.2 Å². The number of ketones is 1. The summed E-state index contributed by atoms with van der Waals surface area (Å²) in [6.45, 7) is -0.104. The summed E-state index contributed by atoms with van der Waals surface area (Å²) in [5, 5.41) is 0. The van der Waals surface area contributed by atoms with E-state index in [1.807, 2.05) is 6.92 Å². The third-order valence-corrected chi connectivity index (χ3v) is 1.01. The van der Waals surface area contributed by atoms with Gasteiger partial charge in [0.25, 0.3) is 0 Å². The van der Waals surface area contributed by atoms with Crippen molar-refractivity contribution in [2.45, 2.75) is 39.5 Å². The van der Waals surface area contributed by atoms with Crippen molar-refractivity contribution < 1.29 is 8.91 Å². The molecule has 9 heavy (non-hydrogen) atoms. The predicted molar refractivity (Wildman–Crippen MR) is 42.1 cm³/mol. The molecule has 0 aliphatic carbocycles. The lowest BCUT2D eigenvalue weighted by Crippen LogP contribution is -1.92. The van der Waals surface area contributed by atoms with E-state index in [0.29, 0.717) is 6.42 Å². The van der Waals surface area contributed by atoms with Crippen LogP contribution in [0.3, 0.4) is 0 Å². The van der Waals surface area contributed by atoms with Crippen LogP contribution in [-0.2, 0) is 4.79 Å². The molecule has 0 aromatic carbocycles. The average Bonchev–Trinajstić information content (AvgIpc) is 1.79. The summed E-state index contributed by atoms with van der Waals surface area (Å²) in [5.41, 5.74) is 0. The molecule has 0 aromatic heterocycles. The zero-order chi connectivity index (χ0) is 8.91. The van der Waals surface area contributed by atoms with Gasteiger partial charge >= 0.3 is 0 Å². The molecule has 0 N–H and O–H groups in total. The van der Waals surface area contributed by atoms with E-state index in [9.17, 15) is 4.79 Å². The number of hydrogen-bond acceptors (Lipinski definition) is 1. The van der Waals surface area contributed by atoms with Crippen LogP contribution in [0.5, 0.6) is 0 Å². The van der Waals surface area contributed by atoms with Crippen LogP contribution in [0.2, 0.25) is 0 Å². The van der Waals surface area contributed by atoms with Crippen molar-refractivity contribution in [3.8, 4) is 0 Å². The zero-order valence-corrected chi connectivity index (χ0v) is 6.46. The maximum absolute atomic E-state index is 10.9. The summed E-state index contributed by atoms with van der Waals surface area (Å²) < 4.78 is 20.4. The number of rotatable bonds is 4. The lowest BCUT2D eigenvalue weighted by Gasteiger charge is -1.91. The maximum atomic E-state index is 10.9. The van der Waals surface area contributed by atoms with Gasteiger partial charge in [-0.2, -0.15) is 0 Å². The summed E-state index contributed by atoms with van der Waals surface area (Å²) in [6, 6.07) is 0. The van der Waals surface area contributed by atoms with Gasteiger partial charge in [0, 0.05) is 17.0 Å². The zero-order valence-electron chi connectivity index (χ0n) is 8.64. The first kappa shape index (κ1) is 5.72. The van der Waals surface area contributed by atoms with Crippen molar-refractivity contribution in [1.82, 2.24) is 0 Å². The lowest BCUT2D eigenvalue weighted by atomic mass is 10.1. The van der Waals surface area contributed by atoms with Crippen LogP contribution >= 0.6 is 12.4 Å². The fourth-order valence-corrected chi connectivity index (χ4v) is 0.462. The highest BCUT2D eigenvalue weighted by Gasteiger charge is 1.93. The molecule has 0 aromatic rings. The highest BCUT2D eigenvalue weighted by molar-refractivity contribution is 5.85. The summed E-state index contributed by atoms with van der Waals surface area (Å²) >= 11 is 0. The molecule has 0 unspecified atom stereocenters. The SMILES string of the molecule is Cl.[2H]C([2H])([2H])CC(=O)CCCC. The smallest absolute Gasteiger partial charge is 0.132 e. The van der Waals surface area contributed by atoms with Crippen molar-refractivity contribution in [1.29, 1.82) is 0 Å². The van der Waals surface area contributed by atoms with Crippen LogP contribution in [-0.4, -0.2) is 5.78 Å². The Morgan fingerprint density at radius 2 is 2.33 bits per heavy atom. The Hall–Kier alpha value is -0.0400. The van der Waals surface area contributed by atoms with Gasteiger partial charge in [-0.15, -0.1) is 12.4 Å². The van der Waals surface area contributed by atoms with Crippen LogP contribution < -0.4 is 0 Å². The molecule has 56 valence electrons. The van der Waals surface area contributed by atoms with Gasteiger partial charge < -0.3 is 0 Å². The highest BCUT2D eigenvalue weighted by atomic mass is 35.5. The number of unbranched alkanes of at least 4 members (excludes halogenated alkanes) is 1. The van der Waals surface area contributed by atoms with E-state index < -0.39 is 6.85 Å². The van der Waals surface area contributed by atoms with Crippen LogP contribution in [0.15, 0.2) is 0 Å². The number of hydrogen-bond donors (Lipinski definition) is 0. The monoisotopic (exact) mass is 153 g/mol. The second-order valence-corrected chi connectivity index (χ2v) is 1.82. The molecule has 0 aliphatic rings. The fourth-order valence-electron chi connectivity index (χ4n) is 0.462. The van der Waals surface area contributed by atoms with Crippen molar-refractivity contribution in [2.75, 3.05) is 0 Å². The second-order valence-electron chi connectivity index (χ2n) is 1.82. The minimum atomic E-state index is -2.08. The first-order valence-electron chi connectivity index (χ1n) is 4.47. The van der Waals surface area contributed by atoms with Crippen molar-refractivity contribution in [2.24, 2.45) is 0 Å². The molecular weight excluding hydrogens is 136 g/mol. The highest BCUT2D eigenvalue weighted by Crippen LogP contribution is 1.96. The average molecular weight is 154 g/mol. The molecule has 2 heteroatoms. The summed E-state index contributed by atoms with van der Waals surface area (Å²) in [5.74, 6) is -0.146. The lowest BCUT2D eigenvalue weighted by molar-refractivity contribution is -0.118. The van der Waals surface area contributed by atoms with Crippen molar-refractivity contribution in [3.63, 3.8) is 0 Å². The minimum Gasteiger partial charge on any atom is -0.300 e. The van der Waals surface area contributed by atoms with E-state index in [1.54, 1.807) is 0 Å². The molecule has 0 amide bonds. The fraction of sp³-hybridized carbons (Fsp3) is 0.857. The Morgan fingerprint density at radius 3 is 2.78 bits per heavy atom.